The van der Waals surface area contributed by atoms with E-state index in [4.69, 9.17) is 9.79 Å². The average Bonchev–Trinajstić information content (AvgIpc) is 3.18. The van der Waals surface area contributed by atoms with Crippen molar-refractivity contribution in [1.82, 2.24) is 20.9 Å². The first-order chi connectivity index (χ1) is 15.7. The molecule has 0 bridgehead atoms. The third-order valence-corrected chi connectivity index (χ3v) is 5.32. The highest BCUT2D eigenvalue weighted by Gasteiger charge is 2.24. The number of benzene rings is 2. The van der Waals surface area contributed by atoms with Crippen LogP contribution in [-0.4, -0.2) is 64.8 Å². The van der Waals surface area contributed by atoms with E-state index in [1.54, 1.807) is 47.4 Å². The Kier molecular flexibility index (Phi) is 8.05. The van der Waals surface area contributed by atoms with Crippen LogP contribution in [0.2, 0.25) is 0 Å². The summed E-state index contributed by atoms with van der Waals surface area (Å²) in [5.41, 5.74) is 1.04. The molecule has 0 saturated carbocycles. The number of urea groups is 1. The van der Waals surface area contributed by atoms with Gasteiger partial charge in [0, 0.05) is 38.2 Å². The van der Waals surface area contributed by atoms with Gasteiger partial charge in [-0.05, 0) is 29.8 Å². The Morgan fingerprint density at radius 1 is 1.12 bits per heavy atom. The summed E-state index contributed by atoms with van der Waals surface area (Å²) in [5, 5.41) is 8.15. The number of rotatable bonds is 10. The van der Waals surface area contributed by atoms with Crippen molar-refractivity contribution in [3.63, 3.8) is 0 Å². The van der Waals surface area contributed by atoms with Crippen LogP contribution in [0.5, 0.6) is 5.75 Å². The summed E-state index contributed by atoms with van der Waals surface area (Å²) >= 11 is 0. The summed E-state index contributed by atoms with van der Waals surface area (Å²) in [4.78, 5) is 56.5. The van der Waals surface area contributed by atoms with Gasteiger partial charge < -0.3 is 25.4 Å². The summed E-state index contributed by atoms with van der Waals surface area (Å²) in [6.07, 6.45) is 0.130. The number of nitrogens with one attached hydrogen (secondary N) is 3. The van der Waals surface area contributed by atoms with Gasteiger partial charge in [-0.3, -0.25) is 19.4 Å². The summed E-state index contributed by atoms with van der Waals surface area (Å²) < 4.78 is 15.5. The van der Waals surface area contributed by atoms with Crippen molar-refractivity contribution in [2.75, 3.05) is 26.2 Å². The zero-order valence-electron chi connectivity index (χ0n) is 17.6. The van der Waals surface area contributed by atoms with E-state index in [0.29, 0.717) is 30.8 Å². The van der Waals surface area contributed by atoms with Crippen molar-refractivity contribution in [2.24, 2.45) is 0 Å². The Morgan fingerprint density at radius 2 is 1.82 bits per heavy atom. The van der Waals surface area contributed by atoms with Crippen LogP contribution in [0.1, 0.15) is 15.9 Å². The predicted octanol–water partition coefficient (Wildman–Crippen LogP) is 0.641. The maximum atomic E-state index is 12.9. The number of amides is 4. The Bertz CT molecular complexity index is 1030. The molecule has 1 atom stereocenters. The molecule has 0 radical (unpaired) electrons. The van der Waals surface area contributed by atoms with Gasteiger partial charge in [-0.2, -0.15) is 0 Å². The number of hydrogen-bond acceptors (Lipinski definition) is 5. The first-order valence-corrected chi connectivity index (χ1v) is 11.7. The summed E-state index contributed by atoms with van der Waals surface area (Å²) in [6, 6.07) is 13.2. The highest BCUT2D eigenvalue weighted by atomic mass is 31.2. The smallest absolute Gasteiger partial charge is 0.404 e. The molecule has 0 unspecified atom stereocenters. The molecule has 11 nitrogen and oxygen atoms in total. The molecule has 12 heteroatoms. The SMILES string of the molecule is O=C(N[C@@H](Cc1ccc(OP(=O)(O)O)cc1)C(=O)NCCN1CCNC1=O)c1ccccc1. The highest BCUT2D eigenvalue weighted by molar-refractivity contribution is 7.46. The number of carbonyl (C=O) groups is 3. The lowest BCUT2D eigenvalue weighted by Crippen LogP contribution is -2.49. The summed E-state index contributed by atoms with van der Waals surface area (Å²) in [7, 11) is -4.68. The monoisotopic (exact) mass is 476 g/mol. The molecule has 0 aliphatic carbocycles. The fraction of sp³-hybridized carbons (Fsp3) is 0.286. The quantitative estimate of drug-likeness (QED) is 0.315. The first-order valence-electron chi connectivity index (χ1n) is 10.2. The molecule has 1 heterocycles. The molecule has 0 aromatic heterocycles. The van der Waals surface area contributed by atoms with Crippen LogP contribution < -0.4 is 20.5 Å². The Hall–Kier alpha value is -3.40. The van der Waals surface area contributed by atoms with E-state index in [0.717, 1.165) is 0 Å². The van der Waals surface area contributed by atoms with Crippen molar-refractivity contribution in [1.29, 1.82) is 0 Å². The molecule has 1 aliphatic heterocycles. The molecular formula is C21H25N4O7P. The van der Waals surface area contributed by atoms with E-state index in [9.17, 15) is 18.9 Å². The van der Waals surface area contributed by atoms with Gasteiger partial charge in [0.05, 0.1) is 0 Å². The van der Waals surface area contributed by atoms with Crippen LogP contribution in [0.3, 0.4) is 0 Å². The third-order valence-electron chi connectivity index (χ3n) is 4.87. The lowest BCUT2D eigenvalue weighted by atomic mass is 10.0. The van der Waals surface area contributed by atoms with Gasteiger partial charge in [0.2, 0.25) is 5.91 Å². The Morgan fingerprint density at radius 3 is 2.42 bits per heavy atom. The van der Waals surface area contributed by atoms with Crippen LogP contribution in [-0.2, 0) is 15.8 Å². The fourth-order valence-corrected chi connectivity index (χ4v) is 3.66. The maximum absolute atomic E-state index is 12.9. The summed E-state index contributed by atoms with van der Waals surface area (Å²) in [5.74, 6) is -0.865. The second-order valence-corrected chi connectivity index (χ2v) is 8.50. The van der Waals surface area contributed by atoms with Crippen molar-refractivity contribution < 1.29 is 33.3 Å². The summed E-state index contributed by atoms with van der Waals surface area (Å²) in [6.45, 7) is 1.68. The third kappa shape index (κ3) is 7.60. The molecule has 4 amide bonds. The molecule has 1 aliphatic rings. The van der Waals surface area contributed by atoms with Gasteiger partial charge in [-0.15, -0.1) is 0 Å². The van der Waals surface area contributed by atoms with Crippen LogP contribution >= 0.6 is 7.82 Å². The van der Waals surface area contributed by atoms with E-state index in [-0.39, 0.29) is 24.7 Å². The number of nitrogens with zero attached hydrogens (tertiary/aromatic N) is 1. The minimum Gasteiger partial charge on any atom is -0.404 e. The van der Waals surface area contributed by atoms with Crippen LogP contribution in [0.25, 0.3) is 0 Å². The Labute approximate surface area is 190 Å². The van der Waals surface area contributed by atoms with Gasteiger partial charge in [0.25, 0.3) is 5.91 Å². The number of carbonyl (C=O) groups excluding carboxylic acids is 3. The normalized spacial score (nSPS) is 14.4. The molecule has 33 heavy (non-hydrogen) atoms. The molecule has 3 rings (SSSR count). The lowest BCUT2D eigenvalue weighted by Gasteiger charge is -2.20. The second kappa shape index (κ2) is 11.0. The largest absolute Gasteiger partial charge is 0.524 e. The van der Waals surface area contributed by atoms with E-state index >= 15 is 0 Å². The average molecular weight is 476 g/mol. The van der Waals surface area contributed by atoms with E-state index < -0.39 is 25.7 Å². The zero-order chi connectivity index (χ0) is 23.8. The molecule has 2 aromatic rings. The molecular weight excluding hydrogens is 451 g/mol. The zero-order valence-corrected chi connectivity index (χ0v) is 18.5. The topological polar surface area (TPSA) is 157 Å². The Balaban J connectivity index is 1.66. The molecule has 2 aromatic carbocycles. The number of hydrogen-bond donors (Lipinski definition) is 5. The van der Waals surface area contributed by atoms with Gasteiger partial charge in [-0.25, -0.2) is 9.36 Å². The van der Waals surface area contributed by atoms with E-state index in [2.05, 4.69) is 20.5 Å². The van der Waals surface area contributed by atoms with Crippen LogP contribution in [0.15, 0.2) is 54.6 Å². The minimum absolute atomic E-state index is 0.0229. The van der Waals surface area contributed by atoms with Crippen molar-refractivity contribution in [2.45, 2.75) is 12.5 Å². The van der Waals surface area contributed by atoms with Gasteiger partial charge in [0.15, 0.2) is 0 Å². The van der Waals surface area contributed by atoms with E-state index in [1.165, 1.54) is 12.1 Å². The van der Waals surface area contributed by atoms with Crippen LogP contribution in [0.4, 0.5) is 4.79 Å². The highest BCUT2D eigenvalue weighted by Crippen LogP contribution is 2.37. The fourth-order valence-electron chi connectivity index (χ4n) is 3.26. The minimum atomic E-state index is -4.68. The van der Waals surface area contributed by atoms with Gasteiger partial charge in [-0.1, -0.05) is 30.3 Å². The number of phosphoric acid groups is 1. The number of phosphoric ester groups is 1. The molecule has 1 saturated heterocycles. The van der Waals surface area contributed by atoms with Gasteiger partial charge in [0.1, 0.15) is 11.8 Å². The second-order valence-electron chi connectivity index (χ2n) is 7.33. The standard InChI is InChI=1S/C21H25N4O7P/c26-19(16-4-2-1-3-5-16)24-18(20(27)22-10-12-25-13-11-23-21(25)28)14-15-6-8-17(9-7-15)32-33(29,30)31/h1-9,18H,10-14H2,(H,22,27)(H,23,28)(H,24,26)(H2,29,30,31)/t18-/m0/s1. The van der Waals surface area contributed by atoms with Crippen molar-refractivity contribution in [3.8, 4) is 5.75 Å². The van der Waals surface area contributed by atoms with Crippen molar-refractivity contribution >= 4 is 25.7 Å². The molecule has 176 valence electrons. The van der Waals surface area contributed by atoms with E-state index in [1.807, 2.05) is 0 Å². The maximum Gasteiger partial charge on any atom is 0.524 e. The lowest BCUT2D eigenvalue weighted by molar-refractivity contribution is -0.123. The molecule has 0 spiro atoms. The first kappa shape index (κ1) is 24.2. The molecule has 1 fully saturated rings. The van der Waals surface area contributed by atoms with Crippen molar-refractivity contribution in [3.05, 3.63) is 65.7 Å². The van der Waals surface area contributed by atoms with Gasteiger partial charge >= 0.3 is 13.9 Å². The predicted molar refractivity (Wildman–Crippen MR) is 118 cm³/mol. The van der Waals surface area contributed by atoms with Crippen LogP contribution in [0, 0.1) is 0 Å². The molecule has 5 N–H and O–H groups in total.